The maximum Gasteiger partial charge on any atom is 0.344 e. The van der Waals surface area contributed by atoms with Gasteiger partial charge in [-0.05, 0) is 50.1 Å². The van der Waals surface area contributed by atoms with E-state index in [0.717, 1.165) is 0 Å². The van der Waals surface area contributed by atoms with Gasteiger partial charge < -0.3 is 28.2 Å². The van der Waals surface area contributed by atoms with E-state index < -0.39 is 52.3 Å². The van der Waals surface area contributed by atoms with Crippen LogP contribution in [0.1, 0.15) is 55.4 Å². The zero-order valence-electron chi connectivity index (χ0n) is 21.5. The molecule has 0 amide bonds. The number of esters is 1. The van der Waals surface area contributed by atoms with Crippen molar-refractivity contribution in [2.24, 2.45) is 0 Å². The Morgan fingerprint density at radius 3 is 1.97 bits per heavy atom. The molecule has 1 N–H and O–H groups in total. The van der Waals surface area contributed by atoms with Crippen molar-refractivity contribution in [1.82, 2.24) is 0 Å². The first-order valence-corrected chi connectivity index (χ1v) is 17.0. The van der Waals surface area contributed by atoms with Crippen LogP contribution in [0.3, 0.4) is 0 Å². The molecule has 9 heteroatoms. The molecule has 0 aliphatic carbocycles. The van der Waals surface area contributed by atoms with Crippen LogP contribution in [0.25, 0.3) is 0 Å². The molecule has 2 heterocycles. The van der Waals surface area contributed by atoms with Gasteiger partial charge in [0, 0.05) is 0 Å². The highest BCUT2D eigenvalue weighted by Gasteiger charge is 2.69. The van der Waals surface area contributed by atoms with Crippen molar-refractivity contribution in [2.75, 3.05) is 13.2 Å². The summed E-state index contributed by atoms with van der Waals surface area (Å²) in [5.41, 5.74) is -1.39. The Hall–Kier alpha value is -0.296. The minimum absolute atomic E-state index is 0.00873. The molecule has 2 saturated heterocycles. The lowest BCUT2D eigenvalue weighted by atomic mass is 9.95. The third-order valence-corrected chi connectivity index (χ3v) is 16.4. The predicted molar refractivity (Wildman–Crippen MR) is 125 cm³/mol. The van der Waals surface area contributed by atoms with E-state index in [9.17, 15) is 9.90 Å². The van der Waals surface area contributed by atoms with Crippen LogP contribution in [0.15, 0.2) is 0 Å². The summed E-state index contributed by atoms with van der Waals surface area (Å²) in [6.07, 6.45) is -2.66. The zero-order valence-corrected chi connectivity index (χ0v) is 23.5. The van der Waals surface area contributed by atoms with Crippen LogP contribution in [0.2, 0.25) is 36.3 Å². The minimum Gasteiger partial charge on any atom is -0.454 e. The molecule has 31 heavy (non-hydrogen) atoms. The van der Waals surface area contributed by atoms with Crippen LogP contribution >= 0.6 is 0 Å². The molecule has 182 valence electrons. The lowest BCUT2D eigenvalue weighted by Gasteiger charge is -2.38. The van der Waals surface area contributed by atoms with E-state index in [2.05, 4.69) is 67.7 Å². The van der Waals surface area contributed by atoms with Crippen molar-refractivity contribution in [2.45, 2.75) is 121 Å². The molecule has 2 rings (SSSR count). The van der Waals surface area contributed by atoms with Crippen LogP contribution in [0.4, 0.5) is 0 Å². The molecule has 0 unspecified atom stereocenters. The smallest absolute Gasteiger partial charge is 0.344 e. The van der Waals surface area contributed by atoms with E-state index in [1.807, 2.05) is 0 Å². The largest absolute Gasteiger partial charge is 0.454 e. The fourth-order valence-electron chi connectivity index (χ4n) is 3.26. The van der Waals surface area contributed by atoms with Gasteiger partial charge in [-0.3, -0.25) is 0 Å². The Labute approximate surface area is 190 Å². The van der Waals surface area contributed by atoms with Crippen molar-refractivity contribution in [3.05, 3.63) is 0 Å². The molecule has 4 atom stereocenters. The minimum atomic E-state index is -2.15. The van der Waals surface area contributed by atoms with Crippen LogP contribution in [0, 0.1) is 0 Å². The van der Waals surface area contributed by atoms with Crippen molar-refractivity contribution < 1.29 is 33.0 Å². The molecule has 2 aliphatic heterocycles. The van der Waals surface area contributed by atoms with E-state index in [0.29, 0.717) is 0 Å². The summed E-state index contributed by atoms with van der Waals surface area (Å²) in [6.45, 7) is 25.0. The quantitative estimate of drug-likeness (QED) is 0.435. The fraction of sp³-hybridized carbons (Fsp3) is 0.955. The Bertz CT molecular complexity index is 678. The molecule has 0 radical (unpaired) electrons. The first-order valence-electron chi connectivity index (χ1n) is 11.2. The Morgan fingerprint density at radius 2 is 1.48 bits per heavy atom. The van der Waals surface area contributed by atoms with Crippen LogP contribution in [-0.4, -0.2) is 70.6 Å². The number of aliphatic hydroxyl groups excluding tert-OH is 1. The average molecular weight is 477 g/mol. The highest BCUT2D eigenvalue weighted by Crippen LogP contribution is 2.47. The molecule has 0 aromatic rings. The summed E-state index contributed by atoms with van der Waals surface area (Å²) in [5.74, 6) is -1.53. The predicted octanol–water partition coefficient (Wildman–Crippen LogP) is 4.21. The highest BCUT2D eigenvalue weighted by molar-refractivity contribution is 6.74. The number of fused-ring (bicyclic) bond motifs is 1. The maximum atomic E-state index is 13.1. The van der Waals surface area contributed by atoms with Gasteiger partial charge in [0.1, 0.15) is 12.2 Å². The van der Waals surface area contributed by atoms with Gasteiger partial charge in [-0.2, -0.15) is 0 Å². The molecule has 0 aromatic carbocycles. The lowest BCUT2D eigenvalue weighted by molar-refractivity contribution is -0.207. The van der Waals surface area contributed by atoms with Gasteiger partial charge in [0.15, 0.2) is 28.5 Å². The third-order valence-electron chi connectivity index (χ3n) is 7.44. The summed E-state index contributed by atoms with van der Waals surface area (Å²) in [6, 6.07) is 0. The summed E-state index contributed by atoms with van der Waals surface area (Å²) in [7, 11) is -4.22. The lowest BCUT2D eigenvalue weighted by Crippen LogP contribution is -2.54. The standard InChI is InChI=1S/C22H44O7Si2/c1-19(2,3)30(9,10)25-13-15(23)16-17-22(18(24)27-16,29-21(7,8)28-17)14-26-31(11,12)20(4,5)6/h15-17,23H,13-14H2,1-12H3/t15-,16-,17-,22-/m0/s1. The molecular formula is C22H44O7Si2. The van der Waals surface area contributed by atoms with Crippen LogP contribution in [-0.2, 0) is 27.9 Å². The number of ether oxygens (including phenoxy) is 3. The molecule has 0 bridgehead atoms. The molecule has 2 fully saturated rings. The van der Waals surface area contributed by atoms with Gasteiger partial charge in [0.2, 0.25) is 5.60 Å². The molecule has 0 spiro atoms. The molecule has 2 aliphatic rings. The zero-order chi connectivity index (χ0) is 24.3. The molecule has 0 aromatic heterocycles. The monoisotopic (exact) mass is 476 g/mol. The maximum absolute atomic E-state index is 13.1. The van der Waals surface area contributed by atoms with E-state index in [-0.39, 0.29) is 23.3 Å². The topological polar surface area (TPSA) is 83.5 Å². The number of cyclic esters (lactones) is 1. The van der Waals surface area contributed by atoms with E-state index in [1.165, 1.54) is 0 Å². The van der Waals surface area contributed by atoms with Crippen molar-refractivity contribution in [1.29, 1.82) is 0 Å². The highest BCUT2D eigenvalue weighted by atomic mass is 28.4. The second-order valence-electron chi connectivity index (χ2n) is 12.5. The van der Waals surface area contributed by atoms with Crippen molar-refractivity contribution >= 4 is 22.6 Å². The molecular weight excluding hydrogens is 432 g/mol. The molecule has 0 saturated carbocycles. The second kappa shape index (κ2) is 8.18. The van der Waals surface area contributed by atoms with Crippen LogP contribution < -0.4 is 0 Å². The Kier molecular flexibility index (Phi) is 7.11. The number of hydrogen-bond donors (Lipinski definition) is 1. The van der Waals surface area contributed by atoms with E-state index >= 15 is 0 Å². The summed E-state index contributed by atoms with van der Waals surface area (Å²) in [4.78, 5) is 13.1. The number of carbonyl (C=O) groups is 1. The Morgan fingerprint density at radius 1 is 1.00 bits per heavy atom. The van der Waals surface area contributed by atoms with Crippen molar-refractivity contribution in [3.63, 3.8) is 0 Å². The fourth-order valence-corrected chi connectivity index (χ4v) is 5.29. The number of hydrogen-bond acceptors (Lipinski definition) is 7. The van der Waals surface area contributed by atoms with E-state index in [4.69, 9.17) is 23.1 Å². The van der Waals surface area contributed by atoms with Crippen molar-refractivity contribution in [3.8, 4) is 0 Å². The van der Waals surface area contributed by atoms with Crippen LogP contribution in [0.5, 0.6) is 0 Å². The summed E-state index contributed by atoms with van der Waals surface area (Å²) >= 11 is 0. The normalized spacial score (nSPS) is 30.3. The van der Waals surface area contributed by atoms with Gasteiger partial charge in [-0.15, -0.1) is 0 Å². The second-order valence-corrected chi connectivity index (χ2v) is 22.1. The van der Waals surface area contributed by atoms with Gasteiger partial charge in [0.25, 0.3) is 0 Å². The first kappa shape index (κ1) is 27.0. The van der Waals surface area contributed by atoms with Gasteiger partial charge in [-0.1, -0.05) is 41.5 Å². The third kappa shape index (κ3) is 5.28. The SMILES string of the molecule is CC1(C)O[C@H]2[C@H]([C@@H](O)CO[Si](C)(C)C(C)(C)C)OC(=O)[C@@]2(CO[Si](C)(C)C(C)(C)C)O1. The summed E-state index contributed by atoms with van der Waals surface area (Å²) in [5, 5.41) is 10.9. The van der Waals surface area contributed by atoms with Gasteiger partial charge >= 0.3 is 5.97 Å². The first-order chi connectivity index (χ1) is 13.7. The Balaban J connectivity index is 2.22. The average Bonchev–Trinajstić information content (AvgIpc) is 2.98. The van der Waals surface area contributed by atoms with E-state index in [1.54, 1.807) is 13.8 Å². The summed E-state index contributed by atoms with van der Waals surface area (Å²) < 4.78 is 30.4. The van der Waals surface area contributed by atoms with Gasteiger partial charge in [0.05, 0.1) is 13.2 Å². The van der Waals surface area contributed by atoms with Gasteiger partial charge in [-0.25, -0.2) is 4.79 Å². The number of rotatable bonds is 7. The number of aliphatic hydroxyl groups is 1. The number of carbonyl (C=O) groups excluding carboxylic acids is 1. The molecule has 7 nitrogen and oxygen atoms in total.